The molecule has 2 unspecified atom stereocenters. The fourth-order valence-corrected chi connectivity index (χ4v) is 5.12. The highest BCUT2D eigenvalue weighted by molar-refractivity contribution is 9.10. The molecule has 0 aliphatic rings. The maximum atomic E-state index is 14.4. The molecule has 0 aliphatic heterocycles. The summed E-state index contributed by atoms with van der Waals surface area (Å²) in [6, 6.07) is 22.2. The van der Waals surface area contributed by atoms with Crippen LogP contribution in [0.5, 0.6) is 5.75 Å². The molecule has 2 atom stereocenters. The molecule has 40 heavy (non-hydrogen) atoms. The number of methoxy groups -OCH3 is 1. The molecule has 4 rings (SSSR count). The van der Waals surface area contributed by atoms with Gasteiger partial charge in [-0.15, -0.1) is 0 Å². The Hall–Kier alpha value is -3.78. The van der Waals surface area contributed by atoms with Crippen molar-refractivity contribution in [2.45, 2.75) is 45.4 Å². The molecule has 208 valence electrons. The molecule has 1 N–H and O–H groups in total. The van der Waals surface area contributed by atoms with Gasteiger partial charge in [-0.1, -0.05) is 71.4 Å². The third-order valence-corrected chi connectivity index (χ3v) is 7.46. The first kappa shape index (κ1) is 29.2. The van der Waals surface area contributed by atoms with Crippen molar-refractivity contribution >= 4 is 38.7 Å². The highest BCUT2D eigenvalue weighted by Gasteiger charge is 2.41. The Bertz CT molecular complexity index is 1530. The molecule has 8 heteroatoms. The van der Waals surface area contributed by atoms with Crippen molar-refractivity contribution < 1.29 is 23.5 Å². The third kappa shape index (κ3) is 6.02. The Morgan fingerprint density at radius 1 is 1.07 bits per heavy atom. The van der Waals surface area contributed by atoms with Crippen LogP contribution in [-0.4, -0.2) is 36.9 Å². The summed E-state index contributed by atoms with van der Waals surface area (Å²) in [6.45, 7) is 5.14. The summed E-state index contributed by atoms with van der Waals surface area (Å²) < 4.78 is 26.0. The minimum Gasteiger partial charge on any atom is -0.496 e. The van der Waals surface area contributed by atoms with Crippen LogP contribution in [0.25, 0.3) is 22.2 Å². The Morgan fingerprint density at radius 2 is 1.77 bits per heavy atom. The second-order valence-corrected chi connectivity index (χ2v) is 10.7. The number of fused-ring (bicyclic) bond motifs is 1. The van der Waals surface area contributed by atoms with Crippen LogP contribution in [0.3, 0.4) is 0 Å². The SMILES string of the molecule is CCCC(F)OC(=O)C(C)(CNC(=O)c1c(C)c(-c2ccccc2)nc2ccc(Br)cc12)c1ccccc1OC. The zero-order chi connectivity index (χ0) is 28.9. The standard InChI is InChI=1S/C32H32BrFN2O4/c1-5-11-27(34)40-31(38)32(3,24-14-9-10-15-26(24)39-4)19-35-30(37)28-20(2)29(21-12-7-6-8-13-21)36-25-17-16-22(33)18-23(25)28/h6-10,12-18,27H,5,11,19H2,1-4H3,(H,35,37). The molecule has 0 saturated carbocycles. The molecule has 0 saturated heterocycles. The van der Waals surface area contributed by atoms with E-state index < -0.39 is 17.7 Å². The number of aromatic nitrogens is 1. The van der Waals surface area contributed by atoms with Gasteiger partial charge in [-0.05, 0) is 50.1 Å². The van der Waals surface area contributed by atoms with E-state index in [-0.39, 0.29) is 18.9 Å². The number of rotatable bonds is 10. The second kappa shape index (κ2) is 12.6. The molecule has 0 spiro atoms. The smallest absolute Gasteiger partial charge is 0.320 e. The summed E-state index contributed by atoms with van der Waals surface area (Å²) in [4.78, 5) is 32.2. The zero-order valence-corrected chi connectivity index (χ0v) is 24.5. The van der Waals surface area contributed by atoms with Crippen LogP contribution in [0.1, 0.15) is 48.2 Å². The zero-order valence-electron chi connectivity index (χ0n) is 23.0. The van der Waals surface area contributed by atoms with Crippen molar-refractivity contribution in [3.63, 3.8) is 0 Å². The number of carbonyl (C=O) groups is 2. The van der Waals surface area contributed by atoms with Gasteiger partial charge in [0.2, 0.25) is 6.36 Å². The fourth-order valence-electron chi connectivity index (χ4n) is 4.76. The number of nitrogens with one attached hydrogen (secondary N) is 1. The van der Waals surface area contributed by atoms with Crippen LogP contribution in [0.15, 0.2) is 77.3 Å². The lowest BCUT2D eigenvalue weighted by Gasteiger charge is -2.30. The number of halogens is 2. The van der Waals surface area contributed by atoms with Gasteiger partial charge >= 0.3 is 5.97 Å². The maximum absolute atomic E-state index is 14.4. The van der Waals surface area contributed by atoms with E-state index in [1.165, 1.54) is 7.11 Å². The van der Waals surface area contributed by atoms with Crippen LogP contribution in [0.4, 0.5) is 4.39 Å². The predicted octanol–water partition coefficient (Wildman–Crippen LogP) is 7.31. The molecule has 4 aromatic rings. The van der Waals surface area contributed by atoms with E-state index in [0.717, 1.165) is 10.0 Å². The summed E-state index contributed by atoms with van der Waals surface area (Å²) in [5, 5.41) is 3.61. The van der Waals surface area contributed by atoms with Crippen molar-refractivity contribution in [2.75, 3.05) is 13.7 Å². The quantitative estimate of drug-likeness (QED) is 0.191. The Labute approximate surface area is 242 Å². The third-order valence-electron chi connectivity index (χ3n) is 6.97. The molecule has 0 bridgehead atoms. The maximum Gasteiger partial charge on any atom is 0.320 e. The lowest BCUT2D eigenvalue weighted by Crippen LogP contribution is -2.46. The number of carbonyl (C=O) groups excluding carboxylic acids is 2. The number of benzene rings is 3. The second-order valence-electron chi connectivity index (χ2n) is 9.81. The summed E-state index contributed by atoms with van der Waals surface area (Å²) >= 11 is 3.51. The van der Waals surface area contributed by atoms with Crippen molar-refractivity contribution in [1.29, 1.82) is 0 Å². The number of esters is 1. The van der Waals surface area contributed by atoms with Gasteiger partial charge in [0.15, 0.2) is 0 Å². The molecular formula is C32H32BrFN2O4. The van der Waals surface area contributed by atoms with Crippen molar-refractivity contribution in [3.05, 3.63) is 94.0 Å². The monoisotopic (exact) mass is 606 g/mol. The van der Waals surface area contributed by atoms with Gasteiger partial charge < -0.3 is 14.8 Å². The molecule has 6 nitrogen and oxygen atoms in total. The van der Waals surface area contributed by atoms with E-state index >= 15 is 0 Å². The lowest BCUT2D eigenvalue weighted by molar-refractivity contribution is -0.164. The molecular weight excluding hydrogens is 575 g/mol. The molecule has 1 heterocycles. The fraction of sp³-hybridized carbons (Fsp3) is 0.281. The highest BCUT2D eigenvalue weighted by Crippen LogP contribution is 2.35. The van der Waals surface area contributed by atoms with Gasteiger partial charge in [-0.25, -0.2) is 9.37 Å². The van der Waals surface area contributed by atoms with Gasteiger partial charge in [0.25, 0.3) is 5.91 Å². The van der Waals surface area contributed by atoms with Gasteiger partial charge in [-0.3, -0.25) is 9.59 Å². The predicted molar refractivity (Wildman–Crippen MR) is 158 cm³/mol. The number of para-hydroxylation sites is 1. The summed E-state index contributed by atoms with van der Waals surface area (Å²) in [5.74, 6) is -0.746. The van der Waals surface area contributed by atoms with Gasteiger partial charge in [0.1, 0.15) is 11.2 Å². The Balaban J connectivity index is 1.77. The van der Waals surface area contributed by atoms with Gasteiger partial charge in [0, 0.05) is 34.0 Å². The first-order valence-electron chi connectivity index (χ1n) is 13.1. The van der Waals surface area contributed by atoms with Crippen LogP contribution in [0, 0.1) is 6.92 Å². The van der Waals surface area contributed by atoms with Crippen LogP contribution >= 0.6 is 15.9 Å². The van der Waals surface area contributed by atoms with Crippen molar-refractivity contribution in [1.82, 2.24) is 10.3 Å². The highest BCUT2D eigenvalue weighted by atomic mass is 79.9. The van der Waals surface area contributed by atoms with Gasteiger partial charge in [0.05, 0.1) is 23.9 Å². The summed E-state index contributed by atoms with van der Waals surface area (Å²) in [7, 11) is 1.49. The lowest BCUT2D eigenvalue weighted by atomic mass is 9.81. The van der Waals surface area contributed by atoms with Crippen LogP contribution < -0.4 is 10.1 Å². The molecule has 0 radical (unpaired) electrons. The normalized spacial score (nSPS) is 13.3. The number of ether oxygens (including phenoxy) is 2. The Kier molecular flexibility index (Phi) is 9.20. The molecule has 1 aromatic heterocycles. The largest absolute Gasteiger partial charge is 0.496 e. The molecule has 1 amide bonds. The number of alkyl halides is 1. The average Bonchev–Trinajstić information content (AvgIpc) is 2.96. The van der Waals surface area contributed by atoms with Crippen LogP contribution in [-0.2, 0) is 14.9 Å². The molecule has 0 fully saturated rings. The summed E-state index contributed by atoms with van der Waals surface area (Å²) in [6.07, 6.45) is -1.15. The minimum absolute atomic E-state index is 0.0828. The van der Waals surface area contributed by atoms with E-state index in [1.54, 1.807) is 31.2 Å². The number of amides is 1. The van der Waals surface area contributed by atoms with Gasteiger partial charge in [-0.2, -0.15) is 0 Å². The Morgan fingerprint density at radius 3 is 2.48 bits per heavy atom. The first-order chi connectivity index (χ1) is 19.2. The number of hydrogen-bond donors (Lipinski definition) is 1. The van der Waals surface area contributed by atoms with E-state index in [0.29, 0.717) is 45.5 Å². The number of pyridine rings is 1. The van der Waals surface area contributed by atoms with Crippen molar-refractivity contribution in [3.8, 4) is 17.0 Å². The first-order valence-corrected chi connectivity index (χ1v) is 13.9. The van der Waals surface area contributed by atoms with Crippen molar-refractivity contribution in [2.24, 2.45) is 0 Å². The molecule has 3 aromatic carbocycles. The minimum atomic E-state index is -1.75. The van der Waals surface area contributed by atoms with E-state index in [1.807, 2.05) is 62.4 Å². The van der Waals surface area contributed by atoms with Crippen LogP contribution in [0.2, 0.25) is 0 Å². The van der Waals surface area contributed by atoms with E-state index in [4.69, 9.17) is 14.5 Å². The summed E-state index contributed by atoms with van der Waals surface area (Å²) in [5.41, 5.74) is 2.41. The number of nitrogens with zero attached hydrogens (tertiary/aromatic N) is 1. The molecule has 0 aliphatic carbocycles. The topological polar surface area (TPSA) is 77.5 Å². The van der Waals surface area contributed by atoms with E-state index in [2.05, 4.69) is 21.2 Å². The number of hydrogen-bond acceptors (Lipinski definition) is 5. The average molecular weight is 608 g/mol. The van der Waals surface area contributed by atoms with E-state index in [9.17, 15) is 14.0 Å².